The number of benzene rings is 1. The molecule has 1 heterocycles. The van der Waals surface area contributed by atoms with Crippen LogP contribution < -0.4 is 5.32 Å². The van der Waals surface area contributed by atoms with E-state index in [2.05, 4.69) is 5.32 Å². The third-order valence-electron chi connectivity index (χ3n) is 3.62. The van der Waals surface area contributed by atoms with Gasteiger partial charge in [0.2, 0.25) is 0 Å². The quantitative estimate of drug-likeness (QED) is 0.819. The molecule has 0 aliphatic carbocycles. The van der Waals surface area contributed by atoms with Crippen molar-refractivity contribution >= 4 is 11.6 Å². The molecule has 0 radical (unpaired) electrons. The lowest BCUT2D eigenvalue weighted by Crippen LogP contribution is -2.33. The Morgan fingerprint density at radius 1 is 1.50 bits per heavy atom. The number of methoxy groups -OCH3 is 1. The van der Waals surface area contributed by atoms with Gasteiger partial charge in [-0.3, -0.25) is 0 Å². The van der Waals surface area contributed by atoms with Gasteiger partial charge in [0.25, 0.3) is 0 Å². The lowest BCUT2D eigenvalue weighted by molar-refractivity contribution is -0.0298. The molecule has 1 saturated heterocycles. The first-order chi connectivity index (χ1) is 9.74. The minimum absolute atomic E-state index is 0.155. The number of ether oxygens (including phenoxy) is 2. The van der Waals surface area contributed by atoms with Gasteiger partial charge in [-0.1, -0.05) is 23.7 Å². The van der Waals surface area contributed by atoms with Gasteiger partial charge in [0.15, 0.2) is 0 Å². The molecule has 0 spiro atoms. The van der Waals surface area contributed by atoms with E-state index in [1.54, 1.807) is 25.3 Å². The molecule has 0 aromatic heterocycles. The summed E-state index contributed by atoms with van der Waals surface area (Å²) in [5.41, 5.74) is 0.566. The van der Waals surface area contributed by atoms with E-state index >= 15 is 0 Å². The smallest absolute Gasteiger partial charge is 0.147 e. The molecule has 2 rings (SSSR count). The minimum Gasteiger partial charge on any atom is -0.383 e. The van der Waals surface area contributed by atoms with Crippen LogP contribution in [-0.4, -0.2) is 33.4 Å². The van der Waals surface area contributed by atoms with Crippen LogP contribution in [0, 0.1) is 11.7 Å². The second kappa shape index (κ2) is 7.93. The van der Waals surface area contributed by atoms with Crippen LogP contribution in [-0.2, 0) is 9.47 Å². The van der Waals surface area contributed by atoms with Crippen molar-refractivity contribution in [2.24, 2.45) is 5.92 Å². The molecular formula is C15H21ClFNO2. The Balaban J connectivity index is 2.04. The summed E-state index contributed by atoms with van der Waals surface area (Å²) >= 11 is 5.86. The van der Waals surface area contributed by atoms with Crippen molar-refractivity contribution in [3.63, 3.8) is 0 Å². The topological polar surface area (TPSA) is 30.5 Å². The fraction of sp³-hybridized carbons (Fsp3) is 0.600. The average Bonchev–Trinajstić information content (AvgIpc) is 2.47. The first-order valence-corrected chi connectivity index (χ1v) is 7.37. The molecule has 1 aliphatic rings. The molecule has 2 unspecified atom stereocenters. The Hall–Kier alpha value is -0.680. The molecule has 1 fully saturated rings. The lowest BCUT2D eigenvalue weighted by Gasteiger charge is -2.32. The summed E-state index contributed by atoms with van der Waals surface area (Å²) in [4.78, 5) is 0. The first-order valence-electron chi connectivity index (χ1n) is 6.99. The van der Waals surface area contributed by atoms with E-state index in [1.165, 1.54) is 0 Å². The third kappa shape index (κ3) is 3.92. The summed E-state index contributed by atoms with van der Waals surface area (Å²) in [5.74, 6) is -0.100. The molecule has 1 N–H and O–H groups in total. The zero-order valence-electron chi connectivity index (χ0n) is 11.7. The zero-order chi connectivity index (χ0) is 14.4. The monoisotopic (exact) mass is 301 g/mol. The number of hydrogen-bond donors (Lipinski definition) is 1. The highest BCUT2D eigenvalue weighted by Crippen LogP contribution is 2.36. The minimum atomic E-state index is -0.358. The van der Waals surface area contributed by atoms with Gasteiger partial charge in [0.05, 0.1) is 17.7 Å². The van der Waals surface area contributed by atoms with Crippen LogP contribution in [0.5, 0.6) is 0 Å². The number of nitrogens with one attached hydrogen (secondary N) is 1. The maximum atomic E-state index is 14.2. The summed E-state index contributed by atoms with van der Waals surface area (Å²) in [6.45, 7) is 2.92. The van der Waals surface area contributed by atoms with Crippen molar-refractivity contribution in [3.8, 4) is 0 Å². The molecule has 5 heteroatoms. The van der Waals surface area contributed by atoms with Gasteiger partial charge in [0.1, 0.15) is 5.82 Å². The summed E-state index contributed by atoms with van der Waals surface area (Å²) in [7, 11) is 1.68. The molecule has 3 nitrogen and oxygen atoms in total. The van der Waals surface area contributed by atoms with Crippen molar-refractivity contribution < 1.29 is 13.9 Å². The summed E-state index contributed by atoms with van der Waals surface area (Å²) in [6.07, 6.45) is 1.81. The van der Waals surface area contributed by atoms with E-state index in [9.17, 15) is 4.39 Å². The number of hydrogen-bond acceptors (Lipinski definition) is 3. The highest BCUT2D eigenvalue weighted by molar-refractivity contribution is 6.30. The molecular weight excluding hydrogens is 281 g/mol. The van der Waals surface area contributed by atoms with Crippen LogP contribution in [0.1, 0.15) is 24.5 Å². The molecule has 0 bridgehead atoms. The third-order valence-corrected chi connectivity index (χ3v) is 3.91. The first kappa shape index (κ1) is 15.7. The van der Waals surface area contributed by atoms with E-state index in [0.29, 0.717) is 18.8 Å². The molecule has 1 aliphatic heterocycles. The highest BCUT2D eigenvalue weighted by atomic mass is 35.5. The fourth-order valence-corrected chi connectivity index (χ4v) is 2.78. The summed E-state index contributed by atoms with van der Waals surface area (Å²) in [6, 6.07) is 5.10. The Kier molecular flexibility index (Phi) is 6.23. The lowest BCUT2D eigenvalue weighted by atomic mass is 9.89. The van der Waals surface area contributed by atoms with Gasteiger partial charge in [-0.15, -0.1) is 0 Å². The number of rotatable bonds is 6. The standard InChI is InChI=1S/C15H21ClFNO2/c1-19-9-7-18-10-11-4-3-8-20-15(11)12-5-2-6-13(16)14(12)17/h2,5-6,11,15,18H,3-4,7-10H2,1H3. The maximum Gasteiger partial charge on any atom is 0.147 e. The van der Waals surface area contributed by atoms with Gasteiger partial charge >= 0.3 is 0 Å². The van der Waals surface area contributed by atoms with Gasteiger partial charge in [0, 0.05) is 38.3 Å². The van der Waals surface area contributed by atoms with Gasteiger partial charge in [-0.25, -0.2) is 4.39 Å². The molecule has 2 atom stereocenters. The van der Waals surface area contributed by atoms with Gasteiger partial charge in [-0.2, -0.15) is 0 Å². The zero-order valence-corrected chi connectivity index (χ0v) is 12.5. The Bertz CT molecular complexity index is 430. The van der Waals surface area contributed by atoms with Crippen LogP contribution in [0.15, 0.2) is 18.2 Å². The second-order valence-corrected chi connectivity index (χ2v) is 5.44. The number of halogens is 2. The second-order valence-electron chi connectivity index (χ2n) is 5.03. The molecule has 1 aromatic rings. The maximum absolute atomic E-state index is 14.2. The van der Waals surface area contributed by atoms with Gasteiger partial charge < -0.3 is 14.8 Å². The van der Waals surface area contributed by atoms with Crippen molar-refractivity contribution in [1.82, 2.24) is 5.32 Å². The molecule has 0 saturated carbocycles. The van der Waals surface area contributed by atoms with Crippen LogP contribution in [0.4, 0.5) is 4.39 Å². The van der Waals surface area contributed by atoms with Crippen LogP contribution in [0.25, 0.3) is 0 Å². The van der Waals surface area contributed by atoms with Crippen molar-refractivity contribution in [1.29, 1.82) is 0 Å². The summed E-state index contributed by atoms with van der Waals surface area (Å²) in [5, 5.41) is 3.48. The predicted molar refractivity (Wildman–Crippen MR) is 77.6 cm³/mol. The van der Waals surface area contributed by atoms with Crippen molar-refractivity contribution in [3.05, 3.63) is 34.6 Å². The Morgan fingerprint density at radius 2 is 2.35 bits per heavy atom. The molecule has 112 valence electrons. The molecule has 20 heavy (non-hydrogen) atoms. The Morgan fingerprint density at radius 3 is 3.15 bits per heavy atom. The van der Waals surface area contributed by atoms with Crippen LogP contribution >= 0.6 is 11.6 Å². The van der Waals surface area contributed by atoms with E-state index in [1.807, 2.05) is 0 Å². The van der Waals surface area contributed by atoms with E-state index in [4.69, 9.17) is 21.1 Å². The normalized spacial score (nSPS) is 22.9. The Labute approximate surface area is 124 Å². The summed E-state index contributed by atoms with van der Waals surface area (Å²) < 4.78 is 25.0. The van der Waals surface area contributed by atoms with E-state index in [0.717, 1.165) is 25.9 Å². The van der Waals surface area contributed by atoms with Crippen molar-refractivity contribution in [2.75, 3.05) is 33.4 Å². The van der Waals surface area contributed by atoms with Crippen molar-refractivity contribution in [2.45, 2.75) is 18.9 Å². The highest BCUT2D eigenvalue weighted by Gasteiger charge is 2.29. The van der Waals surface area contributed by atoms with E-state index < -0.39 is 0 Å². The average molecular weight is 302 g/mol. The van der Waals surface area contributed by atoms with Gasteiger partial charge in [-0.05, 0) is 18.9 Å². The molecule has 0 amide bonds. The predicted octanol–water partition coefficient (Wildman–Crippen LogP) is 3.18. The fourth-order valence-electron chi connectivity index (χ4n) is 2.60. The molecule has 1 aromatic carbocycles. The van der Waals surface area contributed by atoms with Crippen LogP contribution in [0.3, 0.4) is 0 Å². The van der Waals surface area contributed by atoms with E-state index in [-0.39, 0.29) is 22.9 Å². The largest absolute Gasteiger partial charge is 0.383 e. The van der Waals surface area contributed by atoms with Crippen LogP contribution in [0.2, 0.25) is 5.02 Å². The SMILES string of the molecule is COCCNCC1CCCOC1c1cccc(Cl)c1F.